The van der Waals surface area contributed by atoms with Crippen LogP contribution in [0.15, 0.2) is 194 Å². The van der Waals surface area contributed by atoms with E-state index >= 15 is 0 Å². The van der Waals surface area contributed by atoms with E-state index in [0.717, 1.165) is 50.1 Å². The minimum Gasteiger partial charge on any atom is -0.208 e. The van der Waals surface area contributed by atoms with E-state index in [1.165, 1.54) is 5.56 Å². The first-order valence-electron chi connectivity index (χ1n) is 17.8. The molecule has 0 amide bonds. The van der Waals surface area contributed by atoms with Crippen molar-refractivity contribution in [1.29, 1.82) is 0 Å². The molecule has 2 heterocycles. The predicted molar refractivity (Wildman–Crippen MR) is 217 cm³/mol. The summed E-state index contributed by atoms with van der Waals surface area (Å²) in [7, 11) is 0. The quantitative estimate of drug-likeness (QED) is 0.158. The van der Waals surface area contributed by atoms with Crippen LogP contribution in [0.25, 0.3) is 90.6 Å². The smallest absolute Gasteiger partial charge is 0.164 e. The van der Waals surface area contributed by atoms with Crippen LogP contribution in [0.5, 0.6) is 0 Å². The average molecular weight is 693 g/mol. The van der Waals surface area contributed by atoms with Crippen LogP contribution in [0.3, 0.4) is 0 Å². The summed E-state index contributed by atoms with van der Waals surface area (Å²) in [5, 5.41) is 0. The van der Waals surface area contributed by atoms with E-state index in [2.05, 4.69) is 97.1 Å². The van der Waals surface area contributed by atoms with Gasteiger partial charge in [0.25, 0.3) is 0 Å². The van der Waals surface area contributed by atoms with Crippen LogP contribution in [-0.4, -0.2) is 29.9 Å². The van der Waals surface area contributed by atoms with E-state index in [4.69, 9.17) is 29.9 Å². The Balaban J connectivity index is 1.02. The molecular weight excluding hydrogens is 661 g/mol. The van der Waals surface area contributed by atoms with E-state index in [0.29, 0.717) is 34.9 Å². The van der Waals surface area contributed by atoms with Crippen molar-refractivity contribution < 1.29 is 0 Å². The van der Waals surface area contributed by atoms with Crippen molar-refractivity contribution in [3.63, 3.8) is 0 Å². The Morgan fingerprint density at radius 1 is 0.148 bits per heavy atom. The Kier molecular flexibility index (Phi) is 8.81. The molecular formula is C48H32N6. The largest absolute Gasteiger partial charge is 0.208 e. The number of hydrogen-bond acceptors (Lipinski definition) is 6. The van der Waals surface area contributed by atoms with Gasteiger partial charge in [0.15, 0.2) is 34.9 Å². The van der Waals surface area contributed by atoms with Crippen LogP contribution in [0, 0.1) is 0 Å². The highest BCUT2D eigenvalue weighted by atomic mass is 15.0. The second-order valence-electron chi connectivity index (χ2n) is 12.8. The van der Waals surface area contributed by atoms with Crippen LogP contribution >= 0.6 is 0 Å². The summed E-state index contributed by atoms with van der Waals surface area (Å²) in [5.74, 6) is 3.78. The lowest BCUT2D eigenvalue weighted by atomic mass is 10.0. The number of nitrogens with zero attached hydrogens (tertiary/aromatic N) is 6. The van der Waals surface area contributed by atoms with Gasteiger partial charge in [0.1, 0.15) is 0 Å². The molecule has 254 valence electrons. The number of benzene rings is 7. The Morgan fingerprint density at radius 3 is 0.519 bits per heavy atom. The van der Waals surface area contributed by atoms with E-state index < -0.39 is 0 Å². The summed E-state index contributed by atoms with van der Waals surface area (Å²) >= 11 is 0. The average Bonchev–Trinajstić information content (AvgIpc) is 3.27. The molecule has 0 spiro atoms. The zero-order valence-electron chi connectivity index (χ0n) is 29.2. The van der Waals surface area contributed by atoms with Gasteiger partial charge >= 0.3 is 0 Å². The first-order valence-corrected chi connectivity index (χ1v) is 17.8. The molecule has 2 aromatic heterocycles. The van der Waals surface area contributed by atoms with E-state index in [9.17, 15) is 0 Å². The fourth-order valence-electron chi connectivity index (χ4n) is 6.35. The molecule has 0 unspecified atom stereocenters. The van der Waals surface area contributed by atoms with Crippen molar-refractivity contribution in [3.8, 4) is 90.6 Å². The van der Waals surface area contributed by atoms with Crippen LogP contribution in [0.4, 0.5) is 0 Å². The zero-order chi connectivity index (χ0) is 36.1. The molecule has 0 atom stereocenters. The van der Waals surface area contributed by atoms with Gasteiger partial charge in [0.05, 0.1) is 0 Å². The van der Waals surface area contributed by atoms with Gasteiger partial charge in [-0.1, -0.05) is 194 Å². The molecule has 0 saturated carbocycles. The molecule has 0 bridgehead atoms. The number of hydrogen-bond donors (Lipinski definition) is 0. The third-order valence-corrected chi connectivity index (χ3v) is 9.24. The molecule has 6 heteroatoms. The summed E-state index contributed by atoms with van der Waals surface area (Å²) in [5.41, 5.74) is 10.0. The molecule has 0 N–H and O–H groups in total. The van der Waals surface area contributed by atoms with Crippen molar-refractivity contribution in [2.75, 3.05) is 0 Å². The van der Waals surface area contributed by atoms with Gasteiger partial charge in [0.2, 0.25) is 0 Å². The summed E-state index contributed by atoms with van der Waals surface area (Å²) in [6.07, 6.45) is 0. The molecule has 0 radical (unpaired) electrons. The second-order valence-corrected chi connectivity index (χ2v) is 12.8. The van der Waals surface area contributed by atoms with Crippen molar-refractivity contribution in [2.45, 2.75) is 0 Å². The Bertz CT molecular complexity index is 2590. The van der Waals surface area contributed by atoms with Gasteiger partial charge in [-0.25, -0.2) is 29.9 Å². The Hall–Kier alpha value is -7.44. The summed E-state index contributed by atoms with van der Waals surface area (Å²) < 4.78 is 0. The van der Waals surface area contributed by atoms with Gasteiger partial charge in [-0.3, -0.25) is 0 Å². The fraction of sp³-hybridized carbons (Fsp3) is 0. The minimum absolute atomic E-state index is 0.617. The van der Waals surface area contributed by atoms with Crippen LogP contribution in [0.2, 0.25) is 0 Å². The minimum atomic E-state index is 0.617. The van der Waals surface area contributed by atoms with E-state index in [1.54, 1.807) is 0 Å². The number of rotatable bonds is 8. The van der Waals surface area contributed by atoms with Crippen molar-refractivity contribution in [3.05, 3.63) is 194 Å². The molecule has 0 aliphatic heterocycles. The van der Waals surface area contributed by atoms with Crippen molar-refractivity contribution in [1.82, 2.24) is 29.9 Å². The summed E-state index contributed by atoms with van der Waals surface area (Å²) in [4.78, 5) is 29.4. The maximum absolute atomic E-state index is 4.97. The van der Waals surface area contributed by atoms with Crippen molar-refractivity contribution >= 4 is 0 Å². The normalized spacial score (nSPS) is 11.0. The third-order valence-electron chi connectivity index (χ3n) is 9.24. The highest BCUT2D eigenvalue weighted by Crippen LogP contribution is 2.30. The first-order chi connectivity index (χ1) is 26.7. The standard InChI is InChI=1S/C48H32N6/c1-5-13-33(14-6-1)34-21-27-40(28-22-34)47-52-45(39-19-11-4-12-20-39)53-48(54-47)42-31-25-36(26-32-42)35-23-29-41(30-24-35)46-50-43(37-15-7-2-8-16-37)49-44(51-46)38-17-9-3-10-18-38/h1-32H. The van der Waals surface area contributed by atoms with Gasteiger partial charge in [0, 0.05) is 33.4 Å². The van der Waals surface area contributed by atoms with Gasteiger partial charge in [-0.05, 0) is 22.3 Å². The molecule has 6 nitrogen and oxygen atoms in total. The van der Waals surface area contributed by atoms with Crippen molar-refractivity contribution in [2.24, 2.45) is 0 Å². The van der Waals surface area contributed by atoms with Gasteiger partial charge in [-0.15, -0.1) is 0 Å². The second kappa shape index (κ2) is 14.7. The molecule has 0 fully saturated rings. The highest BCUT2D eigenvalue weighted by Gasteiger charge is 2.15. The van der Waals surface area contributed by atoms with Crippen LogP contribution < -0.4 is 0 Å². The van der Waals surface area contributed by atoms with E-state index in [-0.39, 0.29) is 0 Å². The zero-order valence-corrected chi connectivity index (χ0v) is 29.2. The predicted octanol–water partition coefficient (Wildman–Crippen LogP) is 11.4. The molecule has 54 heavy (non-hydrogen) atoms. The molecule has 9 rings (SSSR count). The van der Waals surface area contributed by atoms with Gasteiger partial charge in [-0.2, -0.15) is 0 Å². The Morgan fingerprint density at radius 2 is 0.296 bits per heavy atom. The SMILES string of the molecule is c1ccc(-c2ccc(-c3nc(-c4ccccc4)nc(-c4ccc(-c5ccc(-c6nc(-c7ccccc7)nc(-c7ccccc7)n6)cc5)cc4)n3)cc2)cc1. The lowest BCUT2D eigenvalue weighted by Crippen LogP contribution is -2.00. The molecule has 7 aromatic carbocycles. The van der Waals surface area contributed by atoms with Crippen LogP contribution in [0.1, 0.15) is 0 Å². The molecule has 0 aliphatic rings. The lowest BCUT2D eigenvalue weighted by molar-refractivity contribution is 1.07. The maximum atomic E-state index is 4.97. The first kappa shape index (κ1) is 32.5. The summed E-state index contributed by atoms with van der Waals surface area (Å²) in [6.45, 7) is 0. The third kappa shape index (κ3) is 6.92. The van der Waals surface area contributed by atoms with Crippen LogP contribution in [-0.2, 0) is 0 Å². The fourth-order valence-corrected chi connectivity index (χ4v) is 6.35. The highest BCUT2D eigenvalue weighted by molar-refractivity contribution is 5.74. The Labute approximate surface area is 313 Å². The van der Waals surface area contributed by atoms with E-state index in [1.807, 2.05) is 97.1 Å². The van der Waals surface area contributed by atoms with Gasteiger partial charge < -0.3 is 0 Å². The molecule has 0 aliphatic carbocycles. The topological polar surface area (TPSA) is 77.3 Å². The monoisotopic (exact) mass is 692 g/mol. The molecule has 9 aromatic rings. The molecule has 0 saturated heterocycles. The number of aromatic nitrogens is 6. The summed E-state index contributed by atoms with van der Waals surface area (Å²) in [6, 6.07) is 65.5. The maximum Gasteiger partial charge on any atom is 0.164 e. The lowest BCUT2D eigenvalue weighted by Gasteiger charge is -2.10.